The van der Waals surface area contributed by atoms with Crippen LogP contribution in [0.15, 0.2) is 86.0 Å². The van der Waals surface area contributed by atoms with Gasteiger partial charge in [-0.05, 0) is 63.8 Å². The van der Waals surface area contributed by atoms with Crippen LogP contribution in [0.3, 0.4) is 0 Å². The molecule has 0 saturated carbocycles. The van der Waals surface area contributed by atoms with E-state index in [9.17, 15) is 14.4 Å². The van der Waals surface area contributed by atoms with Gasteiger partial charge in [0.15, 0.2) is 0 Å². The van der Waals surface area contributed by atoms with Crippen LogP contribution in [0.4, 0.5) is 14.4 Å². The smallest absolute Gasteiger partial charge is 0.448 e. The van der Waals surface area contributed by atoms with Gasteiger partial charge in [-0.1, -0.05) is 48.5 Å². The molecule has 5 rings (SSSR count). The third kappa shape index (κ3) is 8.01. The summed E-state index contributed by atoms with van der Waals surface area (Å²) in [6.45, 7) is 12.6. The molecule has 2 heterocycles. The van der Waals surface area contributed by atoms with Gasteiger partial charge >= 0.3 is 18.3 Å². The molecule has 11 nitrogen and oxygen atoms in total. The maximum absolute atomic E-state index is 13.6. The Hall–Kier alpha value is -4.93. The van der Waals surface area contributed by atoms with E-state index in [0.29, 0.717) is 26.2 Å². The number of nitrogens with zero attached hydrogens (tertiary/aromatic N) is 5. The second-order valence-corrected chi connectivity index (χ2v) is 13.4. The minimum atomic E-state index is -0.618. The van der Waals surface area contributed by atoms with Crippen molar-refractivity contribution in [3.05, 3.63) is 97.1 Å². The predicted octanol–water partition coefficient (Wildman–Crippen LogP) is 5.38. The molecule has 2 aromatic heterocycles. The number of fused-ring (bicyclic) bond motifs is 3. The normalized spacial score (nSPS) is 12.7. The summed E-state index contributed by atoms with van der Waals surface area (Å²) < 4.78 is 23.3. The van der Waals surface area contributed by atoms with Gasteiger partial charge in [0.25, 0.3) is 12.7 Å². The Kier molecular flexibility index (Phi) is 9.32. The van der Waals surface area contributed by atoms with Gasteiger partial charge in [0, 0.05) is 5.92 Å². The monoisotopic (exact) mass is 629 g/mol. The topological polar surface area (TPSA) is 99.8 Å². The maximum atomic E-state index is 13.6. The third-order valence-electron chi connectivity index (χ3n) is 7.44. The minimum Gasteiger partial charge on any atom is -0.448 e. The second-order valence-electron chi connectivity index (χ2n) is 13.4. The lowest BCUT2D eigenvalue weighted by molar-refractivity contribution is -0.700. The van der Waals surface area contributed by atoms with Crippen LogP contribution in [0.1, 0.15) is 58.6 Å². The second kappa shape index (κ2) is 13.2. The Balaban J connectivity index is 1.28. The Morgan fingerprint density at radius 2 is 1.15 bits per heavy atom. The number of ether oxygens (including phenoxy) is 3. The summed E-state index contributed by atoms with van der Waals surface area (Å²) in [4.78, 5) is 40.3. The van der Waals surface area contributed by atoms with Gasteiger partial charge < -0.3 is 19.1 Å². The van der Waals surface area contributed by atoms with Gasteiger partial charge in [0.1, 0.15) is 55.7 Å². The van der Waals surface area contributed by atoms with Crippen LogP contribution in [0, 0.1) is 0 Å². The number of amides is 1. The molecule has 1 aliphatic rings. The first-order valence-electron chi connectivity index (χ1n) is 15.5. The van der Waals surface area contributed by atoms with Crippen molar-refractivity contribution in [2.45, 2.75) is 71.8 Å². The molecule has 46 heavy (non-hydrogen) atoms. The van der Waals surface area contributed by atoms with Gasteiger partial charge in [-0.3, -0.25) is 0 Å². The lowest BCUT2D eigenvalue weighted by Gasteiger charge is -2.22. The molecule has 0 radical (unpaired) electrons. The van der Waals surface area contributed by atoms with Crippen LogP contribution >= 0.6 is 0 Å². The van der Waals surface area contributed by atoms with Crippen molar-refractivity contribution in [3.63, 3.8) is 0 Å². The number of hydrogen-bond donors (Lipinski definition) is 0. The van der Waals surface area contributed by atoms with Crippen molar-refractivity contribution >= 4 is 18.3 Å². The van der Waals surface area contributed by atoms with E-state index in [1.807, 2.05) is 74.9 Å². The molecule has 0 unspecified atom stereocenters. The minimum absolute atomic E-state index is 0.0623. The zero-order valence-corrected chi connectivity index (χ0v) is 27.4. The highest BCUT2D eigenvalue weighted by atomic mass is 16.6. The van der Waals surface area contributed by atoms with Crippen molar-refractivity contribution in [2.75, 3.05) is 19.7 Å². The van der Waals surface area contributed by atoms with E-state index >= 15 is 0 Å². The molecule has 0 spiro atoms. The van der Waals surface area contributed by atoms with E-state index in [-0.39, 0.29) is 12.5 Å². The molecule has 1 aliphatic carbocycles. The summed E-state index contributed by atoms with van der Waals surface area (Å²) in [5.74, 6) is -0.0623. The molecule has 11 heteroatoms. The van der Waals surface area contributed by atoms with E-state index in [2.05, 4.69) is 24.3 Å². The quantitative estimate of drug-likeness (QED) is 0.192. The van der Waals surface area contributed by atoms with Crippen molar-refractivity contribution in [3.8, 4) is 11.1 Å². The lowest BCUT2D eigenvalue weighted by atomic mass is 9.98. The van der Waals surface area contributed by atoms with Crippen LogP contribution in [0.25, 0.3) is 11.1 Å². The highest BCUT2D eigenvalue weighted by molar-refractivity contribution is 5.79. The molecular weight excluding hydrogens is 586 g/mol. The highest BCUT2D eigenvalue weighted by Crippen LogP contribution is 2.44. The number of benzene rings is 2. The molecule has 242 valence electrons. The first-order chi connectivity index (χ1) is 21.8. The van der Waals surface area contributed by atoms with E-state index in [1.165, 1.54) is 9.13 Å². The Morgan fingerprint density at radius 3 is 1.59 bits per heavy atom. The van der Waals surface area contributed by atoms with Crippen LogP contribution < -0.4 is 9.13 Å². The standard InChI is InChI=1S/C35H43N5O6/c1-34(2,3)45-32(42)39-21-17-36(24-39)15-19-38(20-16-37-18-22-40(25-37)33(43)46-35(4,5)6)31(41)44-23-30-28-13-9-7-11-26(28)27-12-8-10-14-29(27)30/h7-14,17-18,21-22,24-25,30H,15-16,19-20,23H2,1-6H3/q+2. The molecular formula is C35H43N5O6+2. The van der Waals surface area contributed by atoms with Crippen LogP contribution in [0.2, 0.25) is 0 Å². The number of hydrogen-bond acceptors (Lipinski definition) is 6. The molecule has 2 aromatic carbocycles. The Bertz CT molecular complexity index is 1590. The molecule has 0 aliphatic heterocycles. The molecule has 0 N–H and O–H groups in total. The summed E-state index contributed by atoms with van der Waals surface area (Å²) in [6.07, 6.45) is 8.64. The molecule has 0 bridgehead atoms. The van der Waals surface area contributed by atoms with E-state index in [0.717, 1.165) is 22.3 Å². The number of carbonyl (C=O) groups is 3. The van der Waals surface area contributed by atoms with Gasteiger partial charge in [-0.15, -0.1) is 9.13 Å². The fourth-order valence-corrected chi connectivity index (χ4v) is 5.35. The fourth-order valence-electron chi connectivity index (χ4n) is 5.35. The van der Waals surface area contributed by atoms with Crippen molar-refractivity contribution < 1.29 is 37.7 Å². The van der Waals surface area contributed by atoms with Gasteiger partial charge in [0.05, 0.1) is 13.1 Å². The molecule has 0 fully saturated rings. The summed E-state index contributed by atoms with van der Waals surface area (Å²) in [5, 5.41) is 0. The fraction of sp³-hybridized carbons (Fsp3) is 0.400. The summed E-state index contributed by atoms with van der Waals surface area (Å²) in [5.41, 5.74) is 3.36. The van der Waals surface area contributed by atoms with E-state index in [1.54, 1.807) is 42.3 Å². The van der Waals surface area contributed by atoms with E-state index in [4.69, 9.17) is 14.2 Å². The average molecular weight is 630 g/mol. The average Bonchev–Trinajstić information content (AvgIpc) is 3.72. The van der Waals surface area contributed by atoms with Crippen LogP contribution in [0.5, 0.6) is 0 Å². The zero-order valence-electron chi connectivity index (χ0n) is 27.4. The van der Waals surface area contributed by atoms with Crippen molar-refractivity contribution in [1.29, 1.82) is 0 Å². The SMILES string of the molecule is CC(C)(C)OC(=O)n1cc[n+](CCN(CC[n+]2ccn(C(=O)OC(C)(C)C)c2)C(=O)OCC2c3ccccc3-c3ccccc32)c1. The summed E-state index contributed by atoms with van der Waals surface area (Å²) >= 11 is 0. The Labute approximate surface area is 269 Å². The number of imidazole rings is 2. The molecule has 1 amide bonds. The first kappa shape index (κ1) is 32.5. The third-order valence-corrected chi connectivity index (χ3v) is 7.44. The lowest BCUT2D eigenvalue weighted by Crippen LogP contribution is -2.46. The summed E-state index contributed by atoms with van der Waals surface area (Å²) in [6, 6.07) is 16.4. The largest absolute Gasteiger partial charge is 0.512 e. The predicted molar refractivity (Wildman–Crippen MR) is 169 cm³/mol. The van der Waals surface area contributed by atoms with Gasteiger partial charge in [0.2, 0.25) is 0 Å². The highest BCUT2D eigenvalue weighted by Gasteiger charge is 2.30. The van der Waals surface area contributed by atoms with E-state index < -0.39 is 29.5 Å². The zero-order chi connectivity index (χ0) is 33.1. The molecule has 0 saturated heterocycles. The van der Waals surface area contributed by atoms with Crippen LogP contribution in [-0.2, 0) is 27.3 Å². The number of aromatic nitrogens is 4. The number of carbonyl (C=O) groups excluding carboxylic acids is 3. The van der Waals surface area contributed by atoms with Gasteiger partial charge in [-0.25, -0.2) is 13.9 Å². The number of rotatable bonds is 8. The first-order valence-corrected chi connectivity index (χ1v) is 15.5. The molecule has 0 atom stereocenters. The van der Waals surface area contributed by atoms with Crippen molar-refractivity contribution in [2.24, 2.45) is 0 Å². The Morgan fingerprint density at radius 1 is 0.717 bits per heavy atom. The van der Waals surface area contributed by atoms with Crippen molar-refractivity contribution in [1.82, 2.24) is 14.0 Å². The summed E-state index contributed by atoms with van der Waals surface area (Å²) in [7, 11) is 0. The van der Waals surface area contributed by atoms with Gasteiger partial charge in [-0.2, -0.15) is 9.59 Å². The van der Waals surface area contributed by atoms with Crippen LogP contribution in [-0.4, -0.2) is 63.2 Å². The maximum Gasteiger partial charge on any atom is 0.512 e. The molecule has 4 aromatic rings.